The molecule has 1 unspecified atom stereocenters. The summed E-state index contributed by atoms with van der Waals surface area (Å²) in [7, 11) is 1.86. The second-order valence-corrected chi connectivity index (χ2v) is 4.37. The van der Waals surface area contributed by atoms with E-state index in [2.05, 4.69) is 5.10 Å². The van der Waals surface area contributed by atoms with E-state index < -0.39 is 0 Å². The van der Waals surface area contributed by atoms with Crippen LogP contribution in [0.15, 0.2) is 12.3 Å². The van der Waals surface area contributed by atoms with E-state index in [-0.39, 0.29) is 5.78 Å². The molecular weight excluding hydrogens is 204 g/mol. The maximum absolute atomic E-state index is 11.7. The summed E-state index contributed by atoms with van der Waals surface area (Å²) in [5.41, 5.74) is 0.861. The highest BCUT2D eigenvalue weighted by molar-refractivity contribution is 5.80. The summed E-state index contributed by atoms with van der Waals surface area (Å²) in [6.07, 6.45) is 6.35. The predicted molar refractivity (Wildman–Crippen MR) is 60.1 cm³/mol. The molecule has 1 aliphatic heterocycles. The maximum atomic E-state index is 11.7. The van der Waals surface area contributed by atoms with Crippen molar-refractivity contribution in [2.24, 2.45) is 7.05 Å². The number of rotatable bonds is 5. The fourth-order valence-corrected chi connectivity index (χ4v) is 2.04. The van der Waals surface area contributed by atoms with Crippen LogP contribution in [0.3, 0.4) is 0 Å². The SMILES string of the molecule is Cn1ccc(CC(=O)CCC2CCCO2)n1. The third-order valence-corrected chi connectivity index (χ3v) is 2.92. The maximum Gasteiger partial charge on any atom is 0.139 e. The number of carbonyl (C=O) groups excluding carboxylic acids is 1. The number of ketones is 1. The molecule has 4 nitrogen and oxygen atoms in total. The lowest BCUT2D eigenvalue weighted by molar-refractivity contribution is -0.119. The van der Waals surface area contributed by atoms with Gasteiger partial charge in [0, 0.05) is 26.3 Å². The molecule has 1 aromatic heterocycles. The van der Waals surface area contributed by atoms with Crippen LogP contribution in [0.1, 0.15) is 31.4 Å². The first kappa shape index (κ1) is 11.3. The van der Waals surface area contributed by atoms with Gasteiger partial charge in [0.05, 0.1) is 18.2 Å². The Bertz CT molecular complexity index is 354. The van der Waals surface area contributed by atoms with Crippen LogP contribution in [0.4, 0.5) is 0 Å². The molecule has 0 saturated carbocycles. The van der Waals surface area contributed by atoms with Crippen molar-refractivity contribution in [3.63, 3.8) is 0 Å². The van der Waals surface area contributed by atoms with Gasteiger partial charge in [-0.25, -0.2) is 0 Å². The molecule has 1 aliphatic rings. The third-order valence-electron chi connectivity index (χ3n) is 2.92. The van der Waals surface area contributed by atoms with Gasteiger partial charge in [-0.05, 0) is 25.3 Å². The monoisotopic (exact) mass is 222 g/mol. The molecule has 0 bridgehead atoms. The Balaban J connectivity index is 1.71. The van der Waals surface area contributed by atoms with Crippen molar-refractivity contribution in [3.05, 3.63) is 18.0 Å². The standard InChI is InChI=1S/C12H18N2O2/c1-14-7-6-10(13-14)9-11(15)4-5-12-3-2-8-16-12/h6-7,12H,2-5,8-9H2,1H3. The van der Waals surface area contributed by atoms with Crippen LogP contribution in [0.25, 0.3) is 0 Å². The normalized spacial score (nSPS) is 20.2. The molecule has 1 saturated heterocycles. The summed E-state index contributed by atoms with van der Waals surface area (Å²) in [6.45, 7) is 0.860. The number of nitrogens with zero attached hydrogens (tertiary/aromatic N) is 2. The van der Waals surface area contributed by atoms with Gasteiger partial charge in [0.2, 0.25) is 0 Å². The molecule has 2 heterocycles. The number of aromatic nitrogens is 2. The minimum Gasteiger partial charge on any atom is -0.378 e. The smallest absolute Gasteiger partial charge is 0.139 e. The number of ether oxygens (including phenoxy) is 1. The van der Waals surface area contributed by atoms with E-state index in [1.165, 1.54) is 0 Å². The van der Waals surface area contributed by atoms with Gasteiger partial charge in [0.15, 0.2) is 0 Å². The average molecular weight is 222 g/mol. The summed E-state index contributed by atoms with van der Waals surface area (Å²) >= 11 is 0. The highest BCUT2D eigenvalue weighted by Gasteiger charge is 2.16. The van der Waals surface area contributed by atoms with Gasteiger partial charge in [-0.3, -0.25) is 9.48 Å². The van der Waals surface area contributed by atoms with Gasteiger partial charge in [-0.1, -0.05) is 0 Å². The first-order chi connectivity index (χ1) is 7.74. The lowest BCUT2D eigenvalue weighted by atomic mass is 10.1. The Morgan fingerprint density at radius 2 is 2.56 bits per heavy atom. The summed E-state index contributed by atoms with van der Waals surface area (Å²) in [4.78, 5) is 11.7. The molecule has 0 N–H and O–H groups in total. The lowest BCUT2D eigenvalue weighted by Gasteiger charge is -2.07. The Labute approximate surface area is 95.6 Å². The van der Waals surface area contributed by atoms with Crippen LogP contribution in [-0.2, 0) is 23.0 Å². The molecule has 1 atom stereocenters. The van der Waals surface area contributed by atoms with E-state index in [0.29, 0.717) is 18.9 Å². The fraction of sp³-hybridized carbons (Fsp3) is 0.667. The van der Waals surface area contributed by atoms with Crippen molar-refractivity contribution in [2.45, 2.75) is 38.2 Å². The van der Waals surface area contributed by atoms with Crippen LogP contribution >= 0.6 is 0 Å². The quantitative estimate of drug-likeness (QED) is 0.758. The first-order valence-electron chi connectivity index (χ1n) is 5.86. The zero-order chi connectivity index (χ0) is 11.4. The number of carbonyl (C=O) groups is 1. The summed E-state index contributed by atoms with van der Waals surface area (Å²) in [5.74, 6) is 0.259. The number of hydrogen-bond donors (Lipinski definition) is 0. The summed E-state index contributed by atoms with van der Waals surface area (Å²) < 4.78 is 7.21. The molecule has 4 heteroatoms. The van der Waals surface area contributed by atoms with E-state index in [1.54, 1.807) is 4.68 Å². The molecule has 0 spiro atoms. The van der Waals surface area contributed by atoms with Crippen molar-refractivity contribution in [2.75, 3.05) is 6.61 Å². The van der Waals surface area contributed by atoms with Gasteiger partial charge >= 0.3 is 0 Å². The van der Waals surface area contributed by atoms with Gasteiger partial charge < -0.3 is 4.74 Å². The van der Waals surface area contributed by atoms with Crippen molar-refractivity contribution in [1.29, 1.82) is 0 Å². The zero-order valence-electron chi connectivity index (χ0n) is 9.69. The fourth-order valence-electron chi connectivity index (χ4n) is 2.04. The molecule has 88 valence electrons. The molecule has 0 aromatic carbocycles. The van der Waals surface area contributed by atoms with E-state index in [1.807, 2.05) is 19.3 Å². The first-order valence-corrected chi connectivity index (χ1v) is 5.86. The van der Waals surface area contributed by atoms with E-state index >= 15 is 0 Å². The van der Waals surface area contributed by atoms with Crippen LogP contribution in [0, 0.1) is 0 Å². The van der Waals surface area contributed by atoms with Crippen molar-refractivity contribution < 1.29 is 9.53 Å². The Kier molecular flexibility index (Phi) is 3.72. The zero-order valence-corrected chi connectivity index (χ0v) is 9.69. The summed E-state index contributed by atoms with van der Waals surface area (Å²) in [5, 5.41) is 4.20. The second-order valence-electron chi connectivity index (χ2n) is 4.37. The highest BCUT2D eigenvalue weighted by Crippen LogP contribution is 2.17. The molecule has 0 radical (unpaired) electrons. The van der Waals surface area contributed by atoms with E-state index in [4.69, 9.17) is 4.74 Å². The van der Waals surface area contributed by atoms with E-state index in [0.717, 1.165) is 31.6 Å². The van der Waals surface area contributed by atoms with Crippen LogP contribution in [0.2, 0.25) is 0 Å². The van der Waals surface area contributed by atoms with Crippen molar-refractivity contribution in [1.82, 2.24) is 9.78 Å². The van der Waals surface area contributed by atoms with Gasteiger partial charge in [0.1, 0.15) is 5.78 Å². The molecule has 0 aliphatic carbocycles. The minimum atomic E-state index is 0.259. The third kappa shape index (κ3) is 3.17. The molecule has 1 aromatic rings. The van der Waals surface area contributed by atoms with Gasteiger partial charge in [-0.15, -0.1) is 0 Å². The average Bonchev–Trinajstić information content (AvgIpc) is 2.87. The van der Waals surface area contributed by atoms with Crippen LogP contribution in [0.5, 0.6) is 0 Å². The Hall–Kier alpha value is -1.16. The highest BCUT2D eigenvalue weighted by atomic mass is 16.5. The molecule has 16 heavy (non-hydrogen) atoms. The molecule has 0 amide bonds. The Morgan fingerprint density at radius 1 is 1.69 bits per heavy atom. The van der Waals surface area contributed by atoms with E-state index in [9.17, 15) is 4.79 Å². The van der Waals surface area contributed by atoms with Crippen molar-refractivity contribution in [3.8, 4) is 0 Å². The molecular formula is C12H18N2O2. The predicted octanol–water partition coefficient (Wildman–Crippen LogP) is 1.49. The minimum absolute atomic E-state index is 0.259. The van der Waals surface area contributed by atoms with Crippen LogP contribution in [-0.4, -0.2) is 28.3 Å². The number of aryl methyl sites for hydroxylation is 1. The van der Waals surface area contributed by atoms with Gasteiger partial charge in [-0.2, -0.15) is 5.10 Å². The van der Waals surface area contributed by atoms with Gasteiger partial charge in [0.25, 0.3) is 0 Å². The summed E-state index contributed by atoms with van der Waals surface area (Å²) in [6, 6.07) is 1.89. The molecule has 1 fully saturated rings. The number of Topliss-reactive ketones (excluding diaryl/α,β-unsaturated/α-hetero) is 1. The topological polar surface area (TPSA) is 44.1 Å². The Morgan fingerprint density at radius 3 is 3.19 bits per heavy atom. The molecule has 2 rings (SSSR count). The largest absolute Gasteiger partial charge is 0.378 e. The number of hydrogen-bond acceptors (Lipinski definition) is 3. The lowest BCUT2D eigenvalue weighted by Crippen LogP contribution is -2.10. The second kappa shape index (κ2) is 5.25. The van der Waals surface area contributed by atoms with Crippen molar-refractivity contribution >= 4 is 5.78 Å². The van der Waals surface area contributed by atoms with Crippen LogP contribution < -0.4 is 0 Å².